The van der Waals surface area contributed by atoms with Crippen LogP contribution in [0.4, 0.5) is 0 Å². The maximum absolute atomic E-state index is 13.3. The first kappa shape index (κ1) is 25.8. The number of carbonyl (C=O) groups is 2. The lowest BCUT2D eigenvalue weighted by Gasteiger charge is -2.36. The van der Waals surface area contributed by atoms with Crippen molar-refractivity contribution in [3.63, 3.8) is 0 Å². The van der Waals surface area contributed by atoms with Crippen molar-refractivity contribution in [3.8, 4) is 5.75 Å². The number of methoxy groups -OCH3 is 1. The fourth-order valence-corrected chi connectivity index (χ4v) is 4.26. The third-order valence-electron chi connectivity index (χ3n) is 6.03. The van der Waals surface area contributed by atoms with Crippen LogP contribution in [0.2, 0.25) is 5.02 Å². The summed E-state index contributed by atoms with van der Waals surface area (Å²) in [5.41, 5.74) is 1.47. The number of benzene rings is 2. The van der Waals surface area contributed by atoms with Gasteiger partial charge in [-0.15, -0.1) is 0 Å². The number of ether oxygens (including phenoxy) is 1. The minimum Gasteiger partial charge on any atom is -0.496 e. The summed E-state index contributed by atoms with van der Waals surface area (Å²) in [5.74, 6) is 0.935. The van der Waals surface area contributed by atoms with Crippen LogP contribution in [0.1, 0.15) is 35.7 Å². The normalized spacial score (nSPS) is 14.4. The van der Waals surface area contributed by atoms with Gasteiger partial charge in [0, 0.05) is 57.8 Å². The van der Waals surface area contributed by atoms with Gasteiger partial charge < -0.3 is 14.5 Å². The van der Waals surface area contributed by atoms with E-state index in [-0.39, 0.29) is 11.8 Å². The highest BCUT2D eigenvalue weighted by Crippen LogP contribution is 2.20. The third kappa shape index (κ3) is 7.08. The zero-order valence-electron chi connectivity index (χ0n) is 20.1. The number of hydrogen-bond donors (Lipinski definition) is 0. The Labute approximate surface area is 207 Å². The van der Waals surface area contributed by atoms with Crippen LogP contribution in [-0.2, 0) is 4.79 Å². The summed E-state index contributed by atoms with van der Waals surface area (Å²) in [5, 5.41) is 0.453. The van der Waals surface area contributed by atoms with Crippen LogP contribution in [-0.4, -0.2) is 79.4 Å². The molecule has 0 aromatic heterocycles. The molecule has 6 nitrogen and oxygen atoms in total. The lowest BCUT2D eigenvalue weighted by molar-refractivity contribution is -0.132. The summed E-state index contributed by atoms with van der Waals surface area (Å²) in [4.78, 5) is 31.6. The molecule has 0 atom stereocenters. The first-order valence-electron chi connectivity index (χ1n) is 11.9. The molecule has 3 rings (SSSR count). The molecular formula is C27H34ClN3O3. The molecular weight excluding hydrogens is 450 g/mol. The van der Waals surface area contributed by atoms with Gasteiger partial charge in [0.2, 0.25) is 5.91 Å². The van der Waals surface area contributed by atoms with Crippen molar-refractivity contribution in [2.75, 3.05) is 52.9 Å². The lowest BCUT2D eigenvalue weighted by Crippen LogP contribution is -2.50. The fourth-order valence-electron chi connectivity index (χ4n) is 4.05. The maximum atomic E-state index is 13.3. The molecule has 1 saturated heterocycles. The van der Waals surface area contributed by atoms with Crippen LogP contribution < -0.4 is 4.74 Å². The first-order valence-corrected chi connectivity index (χ1v) is 12.2. The summed E-state index contributed by atoms with van der Waals surface area (Å²) in [6.45, 7) is 6.92. The third-order valence-corrected chi connectivity index (χ3v) is 6.36. The second-order valence-corrected chi connectivity index (χ2v) is 8.75. The largest absolute Gasteiger partial charge is 0.496 e. The maximum Gasteiger partial charge on any atom is 0.255 e. The molecule has 2 amide bonds. The summed E-state index contributed by atoms with van der Waals surface area (Å²) in [6, 6.07) is 14.9. The van der Waals surface area contributed by atoms with Gasteiger partial charge in [0.05, 0.1) is 17.7 Å². The Morgan fingerprint density at radius 2 is 1.76 bits per heavy atom. The zero-order valence-corrected chi connectivity index (χ0v) is 20.8. The van der Waals surface area contributed by atoms with E-state index in [9.17, 15) is 9.59 Å². The van der Waals surface area contributed by atoms with Crippen molar-refractivity contribution in [2.45, 2.75) is 19.8 Å². The zero-order chi connectivity index (χ0) is 24.3. The Morgan fingerprint density at radius 1 is 1.06 bits per heavy atom. The Bertz CT molecular complexity index is 987. The molecule has 1 aliphatic heterocycles. The van der Waals surface area contributed by atoms with Gasteiger partial charge >= 0.3 is 0 Å². The number of amides is 2. The first-order chi connectivity index (χ1) is 16.5. The lowest BCUT2D eigenvalue weighted by atomic mass is 10.1. The van der Waals surface area contributed by atoms with Crippen molar-refractivity contribution in [1.29, 1.82) is 0 Å². The molecule has 1 aliphatic rings. The van der Waals surface area contributed by atoms with Crippen molar-refractivity contribution in [1.82, 2.24) is 14.7 Å². The van der Waals surface area contributed by atoms with Gasteiger partial charge in [-0.2, -0.15) is 0 Å². The van der Waals surface area contributed by atoms with Crippen LogP contribution in [0.25, 0.3) is 6.08 Å². The van der Waals surface area contributed by atoms with Gasteiger partial charge in [-0.1, -0.05) is 61.0 Å². The minimum absolute atomic E-state index is 0.0907. The van der Waals surface area contributed by atoms with Gasteiger partial charge in [-0.3, -0.25) is 14.5 Å². The van der Waals surface area contributed by atoms with Crippen LogP contribution in [0, 0.1) is 0 Å². The Morgan fingerprint density at radius 3 is 2.47 bits per heavy atom. The van der Waals surface area contributed by atoms with Gasteiger partial charge in [-0.25, -0.2) is 0 Å². The molecule has 182 valence electrons. The summed E-state index contributed by atoms with van der Waals surface area (Å²) >= 11 is 6.32. The Hall–Kier alpha value is -2.83. The van der Waals surface area contributed by atoms with Crippen molar-refractivity contribution in [3.05, 3.63) is 70.8 Å². The van der Waals surface area contributed by atoms with Crippen LogP contribution in [0.3, 0.4) is 0 Å². The van der Waals surface area contributed by atoms with E-state index in [1.54, 1.807) is 19.2 Å². The molecule has 1 heterocycles. The van der Waals surface area contributed by atoms with Gasteiger partial charge in [0.25, 0.3) is 5.91 Å². The van der Waals surface area contributed by atoms with E-state index < -0.39 is 0 Å². The fraction of sp³-hybridized carbons (Fsp3) is 0.407. The standard InChI is InChI=1S/C27H34ClN3O3/c1-3-9-26(32)30-19-16-29(17-20-30)18-21-31(27(33)23-12-5-6-13-24(23)28)15-8-11-22-10-4-7-14-25(22)34-2/h4-8,10-14H,3,9,15-21H2,1-2H3/b11-8+. The molecule has 34 heavy (non-hydrogen) atoms. The second kappa shape index (κ2) is 13.2. The molecule has 2 aromatic carbocycles. The number of rotatable bonds is 10. The molecule has 7 heteroatoms. The predicted octanol–water partition coefficient (Wildman–Crippen LogP) is 4.45. The van der Waals surface area contributed by atoms with Gasteiger partial charge in [0.15, 0.2) is 0 Å². The Balaban J connectivity index is 1.65. The molecule has 0 aliphatic carbocycles. The number of hydrogen-bond acceptors (Lipinski definition) is 4. The molecule has 0 unspecified atom stereocenters. The average Bonchev–Trinajstić information content (AvgIpc) is 2.86. The van der Waals surface area contributed by atoms with Gasteiger partial charge in [0.1, 0.15) is 5.75 Å². The van der Waals surface area contributed by atoms with E-state index in [1.165, 1.54) is 0 Å². The molecule has 2 aromatic rings. The van der Waals surface area contributed by atoms with E-state index >= 15 is 0 Å². The number of para-hydroxylation sites is 1. The molecule has 0 radical (unpaired) electrons. The van der Waals surface area contributed by atoms with Gasteiger partial charge in [-0.05, 0) is 24.6 Å². The SMILES string of the molecule is CCCC(=O)N1CCN(CCN(C/C=C/c2ccccc2OC)C(=O)c2ccccc2Cl)CC1. The van der Waals surface area contributed by atoms with E-state index in [0.717, 1.165) is 50.5 Å². The second-order valence-electron chi connectivity index (χ2n) is 8.35. The monoisotopic (exact) mass is 483 g/mol. The van der Waals surface area contributed by atoms with Crippen molar-refractivity contribution >= 4 is 29.5 Å². The Kier molecular flexibility index (Phi) is 9.98. The molecule has 0 saturated carbocycles. The highest BCUT2D eigenvalue weighted by molar-refractivity contribution is 6.33. The topological polar surface area (TPSA) is 53.1 Å². The smallest absolute Gasteiger partial charge is 0.255 e. The molecule has 0 spiro atoms. The average molecular weight is 484 g/mol. The molecule has 1 fully saturated rings. The summed E-state index contributed by atoms with van der Waals surface area (Å²) in [6.07, 6.45) is 5.44. The predicted molar refractivity (Wildman–Crippen MR) is 137 cm³/mol. The molecule has 0 N–H and O–H groups in total. The van der Waals surface area contributed by atoms with Crippen molar-refractivity contribution < 1.29 is 14.3 Å². The van der Waals surface area contributed by atoms with Crippen LogP contribution >= 0.6 is 11.6 Å². The number of carbonyl (C=O) groups excluding carboxylic acids is 2. The summed E-state index contributed by atoms with van der Waals surface area (Å²) < 4.78 is 5.42. The van der Waals surface area contributed by atoms with E-state index in [1.807, 2.05) is 65.3 Å². The molecule has 0 bridgehead atoms. The van der Waals surface area contributed by atoms with E-state index in [0.29, 0.717) is 30.1 Å². The van der Waals surface area contributed by atoms with E-state index in [2.05, 4.69) is 4.90 Å². The highest BCUT2D eigenvalue weighted by atomic mass is 35.5. The van der Waals surface area contributed by atoms with Crippen LogP contribution in [0.5, 0.6) is 5.75 Å². The quantitative estimate of drug-likeness (QED) is 0.501. The minimum atomic E-state index is -0.0907. The summed E-state index contributed by atoms with van der Waals surface area (Å²) in [7, 11) is 1.65. The van der Waals surface area contributed by atoms with Crippen molar-refractivity contribution in [2.24, 2.45) is 0 Å². The van der Waals surface area contributed by atoms with E-state index in [4.69, 9.17) is 16.3 Å². The van der Waals surface area contributed by atoms with Crippen LogP contribution in [0.15, 0.2) is 54.6 Å². The highest BCUT2D eigenvalue weighted by Gasteiger charge is 2.22. The number of nitrogens with zero attached hydrogens (tertiary/aromatic N) is 3. The number of piperazine rings is 1. The number of halogens is 1.